The van der Waals surface area contributed by atoms with E-state index in [1.54, 1.807) is 19.1 Å². The molecule has 0 saturated heterocycles. The molecule has 0 aliphatic heterocycles. The topological polar surface area (TPSA) is 64.1 Å². The number of esters is 1. The van der Waals surface area contributed by atoms with Crippen LogP contribution in [0.4, 0.5) is 5.82 Å². The fourth-order valence-corrected chi connectivity index (χ4v) is 2.46. The normalized spacial score (nSPS) is 11.1. The quantitative estimate of drug-likeness (QED) is 0.775. The first-order valence-electron chi connectivity index (χ1n) is 7.43. The maximum Gasteiger partial charge on any atom is 0.358 e. The Kier molecular flexibility index (Phi) is 5.71. The van der Waals surface area contributed by atoms with Crippen molar-refractivity contribution in [3.8, 4) is 0 Å². The van der Waals surface area contributed by atoms with E-state index < -0.39 is 5.97 Å². The van der Waals surface area contributed by atoms with Crippen molar-refractivity contribution in [2.45, 2.75) is 26.2 Å². The van der Waals surface area contributed by atoms with Crippen molar-refractivity contribution in [2.24, 2.45) is 0 Å². The van der Waals surface area contributed by atoms with Crippen molar-refractivity contribution >= 4 is 27.7 Å². The number of anilines is 1. The van der Waals surface area contributed by atoms with Gasteiger partial charge in [-0.3, -0.25) is 0 Å². The van der Waals surface area contributed by atoms with Gasteiger partial charge in [-0.2, -0.15) is 0 Å². The molecule has 6 heteroatoms. The monoisotopic (exact) mass is 377 g/mol. The van der Waals surface area contributed by atoms with Gasteiger partial charge < -0.3 is 10.1 Å². The van der Waals surface area contributed by atoms with Gasteiger partial charge in [-0.25, -0.2) is 4.79 Å². The summed E-state index contributed by atoms with van der Waals surface area (Å²) in [5.41, 5.74) is 1.35. The molecule has 23 heavy (non-hydrogen) atoms. The lowest BCUT2D eigenvalue weighted by atomic mass is 9.84. The van der Waals surface area contributed by atoms with Crippen molar-refractivity contribution in [3.63, 3.8) is 0 Å². The lowest BCUT2D eigenvalue weighted by molar-refractivity contribution is 0.0518. The van der Waals surface area contributed by atoms with E-state index in [4.69, 9.17) is 4.74 Å². The number of carbonyl (C=O) groups excluding carboxylic acids is 1. The summed E-state index contributed by atoms with van der Waals surface area (Å²) in [4.78, 5) is 11.5. The van der Waals surface area contributed by atoms with Crippen molar-refractivity contribution in [1.29, 1.82) is 0 Å². The summed E-state index contributed by atoms with van der Waals surface area (Å²) in [5, 5.41) is 11.2. The minimum absolute atomic E-state index is 0.0781. The summed E-state index contributed by atoms with van der Waals surface area (Å²) in [6.07, 6.45) is 0. The maximum atomic E-state index is 11.5. The Bertz CT molecular complexity index is 672. The molecule has 0 amide bonds. The number of rotatable bonds is 6. The second-order valence-corrected chi connectivity index (χ2v) is 6.69. The van der Waals surface area contributed by atoms with Crippen LogP contribution in [0.3, 0.4) is 0 Å². The van der Waals surface area contributed by atoms with Crippen LogP contribution in [-0.2, 0) is 10.2 Å². The van der Waals surface area contributed by atoms with Gasteiger partial charge in [0, 0.05) is 16.4 Å². The molecular formula is C17H20BrN3O2. The van der Waals surface area contributed by atoms with Gasteiger partial charge in [0.15, 0.2) is 5.69 Å². The van der Waals surface area contributed by atoms with Gasteiger partial charge in [0.2, 0.25) is 0 Å². The Morgan fingerprint density at radius 3 is 2.65 bits per heavy atom. The number of hydrogen-bond donors (Lipinski definition) is 1. The van der Waals surface area contributed by atoms with Crippen LogP contribution in [0.2, 0.25) is 0 Å². The number of carbonyl (C=O) groups is 1. The lowest BCUT2D eigenvalue weighted by Gasteiger charge is -2.26. The van der Waals surface area contributed by atoms with Crippen LogP contribution in [0.1, 0.15) is 36.8 Å². The van der Waals surface area contributed by atoms with Gasteiger partial charge in [-0.1, -0.05) is 41.9 Å². The predicted octanol–water partition coefficient (Wildman–Crippen LogP) is 3.81. The third-order valence-electron chi connectivity index (χ3n) is 3.47. The molecule has 1 aromatic heterocycles. The summed E-state index contributed by atoms with van der Waals surface area (Å²) in [5.74, 6) is 0.169. The first kappa shape index (κ1) is 17.4. The zero-order valence-corrected chi connectivity index (χ0v) is 15.1. The van der Waals surface area contributed by atoms with Gasteiger partial charge in [0.1, 0.15) is 5.82 Å². The minimum Gasteiger partial charge on any atom is -0.461 e. The summed E-state index contributed by atoms with van der Waals surface area (Å²) >= 11 is 3.50. The van der Waals surface area contributed by atoms with Crippen LogP contribution in [0.5, 0.6) is 0 Å². The molecule has 0 unspecified atom stereocenters. The largest absolute Gasteiger partial charge is 0.461 e. The highest BCUT2D eigenvalue weighted by Gasteiger charge is 2.21. The third kappa shape index (κ3) is 4.76. The second-order valence-electron chi connectivity index (χ2n) is 5.77. The molecule has 0 saturated carbocycles. The Morgan fingerprint density at radius 2 is 2.04 bits per heavy atom. The van der Waals surface area contributed by atoms with Crippen LogP contribution in [0.15, 0.2) is 40.9 Å². The molecule has 122 valence electrons. The van der Waals surface area contributed by atoms with Crippen molar-refractivity contribution < 1.29 is 9.53 Å². The van der Waals surface area contributed by atoms with Crippen LogP contribution in [0, 0.1) is 0 Å². The molecule has 1 heterocycles. The van der Waals surface area contributed by atoms with Gasteiger partial charge in [0.05, 0.1) is 6.61 Å². The molecule has 0 fully saturated rings. The van der Waals surface area contributed by atoms with Crippen LogP contribution in [-0.4, -0.2) is 29.3 Å². The summed E-state index contributed by atoms with van der Waals surface area (Å²) in [6.45, 7) is 7.08. The Balaban J connectivity index is 2.01. The lowest BCUT2D eigenvalue weighted by Crippen LogP contribution is -2.28. The first-order valence-corrected chi connectivity index (χ1v) is 8.22. The summed E-state index contributed by atoms with van der Waals surface area (Å²) < 4.78 is 5.94. The number of nitrogens with zero attached hydrogens (tertiary/aromatic N) is 2. The first-order chi connectivity index (χ1) is 10.9. The number of ether oxygens (including phenoxy) is 1. The van der Waals surface area contributed by atoms with E-state index in [-0.39, 0.29) is 11.1 Å². The average Bonchev–Trinajstić information content (AvgIpc) is 2.54. The van der Waals surface area contributed by atoms with Crippen LogP contribution >= 0.6 is 15.9 Å². The number of benzene rings is 1. The number of halogens is 1. The van der Waals surface area contributed by atoms with E-state index in [1.165, 1.54) is 5.56 Å². The zero-order valence-electron chi connectivity index (χ0n) is 13.5. The molecule has 0 spiro atoms. The van der Waals surface area contributed by atoms with E-state index in [0.717, 1.165) is 4.47 Å². The van der Waals surface area contributed by atoms with Crippen molar-refractivity contribution in [1.82, 2.24) is 10.2 Å². The highest BCUT2D eigenvalue weighted by molar-refractivity contribution is 9.10. The second kappa shape index (κ2) is 7.55. The van der Waals surface area contributed by atoms with E-state index in [9.17, 15) is 4.79 Å². The molecule has 5 nitrogen and oxygen atoms in total. The number of nitrogens with one attached hydrogen (secondary N) is 1. The van der Waals surface area contributed by atoms with Crippen molar-refractivity contribution in [2.75, 3.05) is 18.5 Å². The van der Waals surface area contributed by atoms with Gasteiger partial charge in [-0.15, -0.1) is 10.2 Å². The van der Waals surface area contributed by atoms with Crippen LogP contribution < -0.4 is 5.32 Å². The summed E-state index contributed by atoms with van der Waals surface area (Å²) in [6, 6.07) is 11.6. The Morgan fingerprint density at radius 1 is 1.26 bits per heavy atom. The zero-order chi connectivity index (χ0) is 16.9. The summed E-state index contributed by atoms with van der Waals surface area (Å²) in [7, 11) is 0. The molecule has 0 aliphatic carbocycles. The van der Waals surface area contributed by atoms with Gasteiger partial charge in [-0.05, 0) is 36.8 Å². The maximum absolute atomic E-state index is 11.5. The molecular weight excluding hydrogens is 358 g/mol. The van der Waals surface area contributed by atoms with Gasteiger partial charge in [0.25, 0.3) is 0 Å². The third-order valence-corrected chi connectivity index (χ3v) is 3.96. The Labute approximate surface area is 144 Å². The fourth-order valence-electron chi connectivity index (χ4n) is 2.06. The Hall–Kier alpha value is -1.95. The molecule has 0 bridgehead atoms. The minimum atomic E-state index is -0.457. The van der Waals surface area contributed by atoms with E-state index >= 15 is 0 Å². The number of hydrogen-bond acceptors (Lipinski definition) is 5. The van der Waals surface area contributed by atoms with Crippen molar-refractivity contribution in [3.05, 3.63) is 52.1 Å². The molecule has 0 atom stereocenters. The molecule has 1 aromatic carbocycles. The van der Waals surface area contributed by atoms with Crippen LogP contribution in [0.25, 0.3) is 0 Å². The SMILES string of the molecule is CCOC(=O)c1ccc(NCC(C)(C)c2cccc(Br)c2)nn1. The number of aromatic nitrogens is 2. The molecule has 1 N–H and O–H groups in total. The molecule has 2 aromatic rings. The standard InChI is InChI=1S/C17H20BrN3O2/c1-4-23-16(22)14-8-9-15(21-20-14)19-11-17(2,3)12-6-5-7-13(18)10-12/h5-10H,4,11H2,1-3H3,(H,19,21). The average molecular weight is 378 g/mol. The highest BCUT2D eigenvalue weighted by atomic mass is 79.9. The molecule has 0 aliphatic rings. The van der Waals surface area contributed by atoms with Gasteiger partial charge >= 0.3 is 5.97 Å². The fraction of sp³-hybridized carbons (Fsp3) is 0.353. The van der Waals surface area contributed by atoms with E-state index in [2.05, 4.69) is 57.4 Å². The molecule has 0 radical (unpaired) electrons. The highest BCUT2D eigenvalue weighted by Crippen LogP contribution is 2.26. The predicted molar refractivity (Wildman–Crippen MR) is 93.6 cm³/mol. The smallest absolute Gasteiger partial charge is 0.358 e. The molecule has 2 rings (SSSR count). The van der Waals surface area contributed by atoms with E-state index in [1.807, 2.05) is 12.1 Å². The van der Waals surface area contributed by atoms with E-state index in [0.29, 0.717) is 19.0 Å².